The van der Waals surface area contributed by atoms with Gasteiger partial charge in [-0.05, 0) is 43.5 Å². The van der Waals surface area contributed by atoms with Gasteiger partial charge in [-0.25, -0.2) is 5.43 Å². The molecule has 0 amide bonds. The Labute approximate surface area is 112 Å². The van der Waals surface area contributed by atoms with Gasteiger partial charge < -0.3 is 9.15 Å². The van der Waals surface area contributed by atoms with E-state index in [1.807, 2.05) is 37.3 Å². The Hall–Kier alpha value is -1.78. The van der Waals surface area contributed by atoms with Crippen LogP contribution in [0.3, 0.4) is 0 Å². The van der Waals surface area contributed by atoms with E-state index >= 15 is 0 Å². The Morgan fingerprint density at radius 2 is 2.16 bits per heavy atom. The van der Waals surface area contributed by atoms with E-state index in [-0.39, 0.29) is 6.04 Å². The largest absolute Gasteiger partial charge is 0.490 e. The van der Waals surface area contributed by atoms with Crippen LogP contribution in [0.5, 0.6) is 5.75 Å². The summed E-state index contributed by atoms with van der Waals surface area (Å²) in [5.74, 6) is 7.46. The first kappa shape index (κ1) is 12.3. The van der Waals surface area contributed by atoms with Crippen molar-refractivity contribution in [1.82, 2.24) is 5.43 Å². The molecule has 0 aliphatic heterocycles. The number of nitrogens with two attached hydrogens (primary N) is 1. The molecule has 1 aromatic heterocycles. The number of furan rings is 1. The van der Waals surface area contributed by atoms with Gasteiger partial charge in [0.05, 0.1) is 18.4 Å². The second-order valence-corrected chi connectivity index (χ2v) is 4.98. The number of aryl methyl sites for hydroxylation is 1. The molecule has 3 N–H and O–H groups in total. The summed E-state index contributed by atoms with van der Waals surface area (Å²) in [7, 11) is 0. The third-order valence-corrected chi connectivity index (χ3v) is 3.27. The molecule has 1 saturated carbocycles. The van der Waals surface area contributed by atoms with E-state index in [2.05, 4.69) is 5.43 Å². The summed E-state index contributed by atoms with van der Waals surface area (Å²) in [6.07, 6.45) is 4.44. The molecule has 3 rings (SSSR count). The van der Waals surface area contributed by atoms with Gasteiger partial charge in [0, 0.05) is 5.56 Å². The second-order valence-electron chi connectivity index (χ2n) is 4.98. The van der Waals surface area contributed by atoms with Crippen molar-refractivity contribution in [2.24, 2.45) is 5.84 Å². The van der Waals surface area contributed by atoms with Crippen LogP contribution in [-0.2, 0) is 0 Å². The minimum atomic E-state index is -0.0831. The van der Waals surface area contributed by atoms with Crippen molar-refractivity contribution >= 4 is 0 Å². The SMILES string of the molecule is Cc1cc(C(NN)c2cccc(OC3CC3)c2)co1. The van der Waals surface area contributed by atoms with Crippen LogP contribution in [0.25, 0.3) is 0 Å². The van der Waals surface area contributed by atoms with Gasteiger partial charge in [0.25, 0.3) is 0 Å². The van der Waals surface area contributed by atoms with Gasteiger partial charge in [0.15, 0.2) is 0 Å². The molecular formula is C15H18N2O2. The van der Waals surface area contributed by atoms with Crippen molar-refractivity contribution in [1.29, 1.82) is 0 Å². The summed E-state index contributed by atoms with van der Waals surface area (Å²) in [6.45, 7) is 1.92. The number of rotatable bonds is 5. The van der Waals surface area contributed by atoms with Gasteiger partial charge in [0.1, 0.15) is 11.5 Å². The lowest BCUT2D eigenvalue weighted by Gasteiger charge is -2.15. The molecule has 0 spiro atoms. The summed E-state index contributed by atoms with van der Waals surface area (Å²) in [6, 6.07) is 9.94. The fourth-order valence-electron chi connectivity index (χ4n) is 2.15. The predicted octanol–water partition coefficient (Wildman–Crippen LogP) is 2.68. The van der Waals surface area contributed by atoms with E-state index in [0.717, 1.165) is 35.5 Å². The molecule has 0 radical (unpaired) electrons. The van der Waals surface area contributed by atoms with Crippen LogP contribution in [0.1, 0.15) is 35.8 Å². The Kier molecular flexibility index (Phi) is 3.27. The van der Waals surface area contributed by atoms with Crippen molar-refractivity contribution in [3.63, 3.8) is 0 Å². The topological polar surface area (TPSA) is 60.4 Å². The van der Waals surface area contributed by atoms with E-state index in [9.17, 15) is 0 Å². The van der Waals surface area contributed by atoms with E-state index < -0.39 is 0 Å². The van der Waals surface area contributed by atoms with Gasteiger partial charge in [-0.3, -0.25) is 5.84 Å². The average Bonchev–Trinajstić information content (AvgIpc) is 3.12. The number of benzene rings is 1. The van der Waals surface area contributed by atoms with Gasteiger partial charge >= 0.3 is 0 Å². The van der Waals surface area contributed by atoms with Crippen LogP contribution in [0.2, 0.25) is 0 Å². The molecule has 1 heterocycles. The maximum absolute atomic E-state index is 5.81. The van der Waals surface area contributed by atoms with Crippen LogP contribution in [0.4, 0.5) is 0 Å². The second kappa shape index (κ2) is 5.07. The number of ether oxygens (including phenoxy) is 1. The highest BCUT2D eigenvalue weighted by atomic mass is 16.5. The van der Waals surface area contributed by atoms with Crippen LogP contribution in [-0.4, -0.2) is 6.10 Å². The fourth-order valence-corrected chi connectivity index (χ4v) is 2.15. The fraction of sp³-hybridized carbons (Fsp3) is 0.333. The Balaban J connectivity index is 1.85. The minimum absolute atomic E-state index is 0.0831. The molecule has 100 valence electrons. The Bertz CT molecular complexity index is 561. The van der Waals surface area contributed by atoms with Crippen molar-refractivity contribution in [2.45, 2.75) is 31.9 Å². The number of hydrazine groups is 1. The van der Waals surface area contributed by atoms with Gasteiger partial charge in [-0.15, -0.1) is 0 Å². The summed E-state index contributed by atoms with van der Waals surface area (Å²) < 4.78 is 11.2. The van der Waals surface area contributed by atoms with E-state index in [1.54, 1.807) is 6.26 Å². The number of hydrogen-bond acceptors (Lipinski definition) is 4. The Morgan fingerprint density at radius 3 is 2.79 bits per heavy atom. The Morgan fingerprint density at radius 1 is 1.32 bits per heavy atom. The monoisotopic (exact) mass is 258 g/mol. The number of nitrogens with one attached hydrogen (secondary N) is 1. The zero-order valence-corrected chi connectivity index (χ0v) is 10.9. The molecule has 1 unspecified atom stereocenters. The van der Waals surface area contributed by atoms with Gasteiger partial charge in [-0.1, -0.05) is 12.1 Å². The molecule has 4 nitrogen and oxygen atoms in total. The minimum Gasteiger partial charge on any atom is -0.490 e. The first-order chi connectivity index (χ1) is 9.26. The molecule has 1 atom stereocenters. The standard InChI is InChI=1S/C15H18N2O2/c1-10-7-12(9-18-10)15(17-16)11-3-2-4-14(8-11)19-13-5-6-13/h2-4,7-9,13,15,17H,5-6,16H2,1H3. The van der Waals surface area contributed by atoms with Gasteiger partial charge in [-0.2, -0.15) is 0 Å². The summed E-state index contributed by atoms with van der Waals surface area (Å²) in [4.78, 5) is 0. The molecule has 0 saturated heterocycles. The molecule has 1 aromatic carbocycles. The first-order valence-electron chi connectivity index (χ1n) is 6.54. The van der Waals surface area contributed by atoms with Crippen LogP contribution in [0, 0.1) is 6.92 Å². The highest BCUT2D eigenvalue weighted by molar-refractivity contribution is 5.36. The van der Waals surface area contributed by atoms with Crippen LogP contribution < -0.4 is 16.0 Å². The molecule has 2 aromatic rings. The smallest absolute Gasteiger partial charge is 0.120 e. The summed E-state index contributed by atoms with van der Waals surface area (Å²) in [5, 5.41) is 0. The molecule has 4 heteroatoms. The van der Waals surface area contributed by atoms with E-state index in [1.165, 1.54) is 0 Å². The lowest BCUT2D eigenvalue weighted by molar-refractivity contribution is 0.302. The number of hydrogen-bond donors (Lipinski definition) is 2. The van der Waals surface area contributed by atoms with Crippen molar-refractivity contribution in [3.05, 3.63) is 53.5 Å². The van der Waals surface area contributed by atoms with Crippen molar-refractivity contribution in [3.8, 4) is 5.75 Å². The molecule has 0 bridgehead atoms. The predicted molar refractivity (Wildman–Crippen MR) is 72.7 cm³/mol. The average molecular weight is 258 g/mol. The third kappa shape index (κ3) is 2.80. The molecule has 1 aliphatic carbocycles. The zero-order chi connectivity index (χ0) is 13.2. The van der Waals surface area contributed by atoms with Crippen molar-refractivity contribution < 1.29 is 9.15 Å². The maximum atomic E-state index is 5.81. The third-order valence-electron chi connectivity index (χ3n) is 3.27. The molecule has 1 fully saturated rings. The molecule has 1 aliphatic rings. The zero-order valence-electron chi connectivity index (χ0n) is 10.9. The van der Waals surface area contributed by atoms with E-state index in [4.69, 9.17) is 15.0 Å². The quantitative estimate of drug-likeness (QED) is 0.639. The van der Waals surface area contributed by atoms with E-state index in [0.29, 0.717) is 6.10 Å². The molecular weight excluding hydrogens is 240 g/mol. The normalized spacial score (nSPS) is 16.3. The maximum Gasteiger partial charge on any atom is 0.120 e. The highest BCUT2D eigenvalue weighted by Crippen LogP contribution is 2.30. The van der Waals surface area contributed by atoms with Crippen LogP contribution in [0.15, 0.2) is 41.0 Å². The van der Waals surface area contributed by atoms with Crippen molar-refractivity contribution in [2.75, 3.05) is 0 Å². The highest BCUT2D eigenvalue weighted by Gasteiger charge is 2.24. The summed E-state index contributed by atoms with van der Waals surface area (Å²) in [5.41, 5.74) is 4.92. The summed E-state index contributed by atoms with van der Waals surface area (Å²) >= 11 is 0. The van der Waals surface area contributed by atoms with Crippen LogP contribution >= 0.6 is 0 Å². The first-order valence-corrected chi connectivity index (χ1v) is 6.54. The lowest BCUT2D eigenvalue weighted by Crippen LogP contribution is -2.28. The molecule has 19 heavy (non-hydrogen) atoms. The lowest BCUT2D eigenvalue weighted by atomic mass is 10.0. The van der Waals surface area contributed by atoms with Gasteiger partial charge in [0.2, 0.25) is 0 Å².